The van der Waals surface area contributed by atoms with Crippen LogP contribution >= 0.6 is 0 Å². The van der Waals surface area contributed by atoms with Crippen LogP contribution in [0, 0.1) is 0 Å². The number of hydrogen-bond donors (Lipinski definition) is 2. The summed E-state index contributed by atoms with van der Waals surface area (Å²) >= 11 is 0. The molecule has 0 unspecified atom stereocenters. The second-order valence-corrected chi connectivity index (χ2v) is 4.85. The first-order chi connectivity index (χ1) is 9.72. The summed E-state index contributed by atoms with van der Waals surface area (Å²) in [5.74, 6) is 0.141. The fourth-order valence-corrected chi connectivity index (χ4v) is 2.41. The highest BCUT2D eigenvalue weighted by atomic mass is 16.2. The minimum absolute atomic E-state index is 0.0878. The zero-order chi connectivity index (χ0) is 14.1. The van der Waals surface area contributed by atoms with Crippen LogP contribution in [0.15, 0.2) is 24.3 Å². The van der Waals surface area contributed by atoms with E-state index < -0.39 is 0 Å². The van der Waals surface area contributed by atoms with Crippen molar-refractivity contribution in [2.24, 2.45) is 0 Å². The number of amides is 1. The molecule has 5 nitrogen and oxygen atoms in total. The van der Waals surface area contributed by atoms with Crippen LogP contribution in [-0.4, -0.2) is 21.9 Å². The molecule has 0 saturated heterocycles. The van der Waals surface area contributed by atoms with Gasteiger partial charge in [0.15, 0.2) is 11.6 Å². The maximum atomic E-state index is 12.4. The standard InChI is InChI=1S/C15H15N3O2/c1-2-3-8-11(19)16-15-12-13(17-18-15)9-6-4-5-7-10(9)14(12)20/h4-7H,2-3,8H2,1H3,(H2,16,17,18,19). The molecule has 102 valence electrons. The molecule has 0 spiro atoms. The lowest BCUT2D eigenvalue weighted by Crippen LogP contribution is -2.13. The summed E-state index contributed by atoms with van der Waals surface area (Å²) in [6.45, 7) is 2.03. The Kier molecular flexibility index (Phi) is 3.10. The van der Waals surface area contributed by atoms with Crippen molar-refractivity contribution in [3.05, 3.63) is 35.4 Å². The number of aromatic nitrogens is 2. The van der Waals surface area contributed by atoms with E-state index in [1.54, 1.807) is 6.07 Å². The Hall–Kier alpha value is -2.43. The van der Waals surface area contributed by atoms with Gasteiger partial charge in [-0.05, 0) is 6.42 Å². The number of carbonyl (C=O) groups excluding carboxylic acids is 2. The first kappa shape index (κ1) is 12.6. The average molecular weight is 269 g/mol. The molecule has 0 atom stereocenters. The minimum Gasteiger partial charge on any atom is -0.309 e. The van der Waals surface area contributed by atoms with Crippen LogP contribution < -0.4 is 5.32 Å². The average Bonchev–Trinajstić information content (AvgIpc) is 2.99. The fourth-order valence-electron chi connectivity index (χ4n) is 2.41. The fraction of sp³-hybridized carbons (Fsp3) is 0.267. The second kappa shape index (κ2) is 4.92. The SMILES string of the molecule is CCCCC(=O)Nc1n[nH]c2c1C(=O)c1ccccc1-2. The Morgan fingerprint density at radius 2 is 2.05 bits per heavy atom. The lowest BCUT2D eigenvalue weighted by atomic mass is 10.1. The number of H-pyrrole nitrogens is 1. The van der Waals surface area contributed by atoms with E-state index in [4.69, 9.17) is 0 Å². The van der Waals surface area contributed by atoms with Gasteiger partial charge in [0, 0.05) is 17.5 Å². The van der Waals surface area contributed by atoms with Gasteiger partial charge in [0.2, 0.25) is 5.91 Å². The van der Waals surface area contributed by atoms with Crippen molar-refractivity contribution < 1.29 is 9.59 Å². The Morgan fingerprint density at radius 1 is 1.30 bits per heavy atom. The molecule has 3 rings (SSSR count). The number of fused-ring (bicyclic) bond motifs is 3. The van der Waals surface area contributed by atoms with E-state index in [1.807, 2.05) is 25.1 Å². The molecule has 1 aromatic carbocycles. The summed E-state index contributed by atoms with van der Waals surface area (Å²) in [6.07, 6.45) is 2.22. The zero-order valence-electron chi connectivity index (χ0n) is 11.2. The van der Waals surface area contributed by atoms with Gasteiger partial charge in [-0.25, -0.2) is 0 Å². The van der Waals surface area contributed by atoms with E-state index in [0.29, 0.717) is 29.1 Å². The minimum atomic E-state index is -0.107. The van der Waals surface area contributed by atoms with Gasteiger partial charge in [0.25, 0.3) is 0 Å². The summed E-state index contributed by atoms with van der Waals surface area (Å²) in [4.78, 5) is 24.1. The van der Waals surface area contributed by atoms with Crippen LogP contribution in [0.4, 0.5) is 5.82 Å². The number of hydrogen-bond acceptors (Lipinski definition) is 3. The van der Waals surface area contributed by atoms with Crippen LogP contribution in [0.3, 0.4) is 0 Å². The maximum Gasteiger partial charge on any atom is 0.225 e. The number of nitrogens with zero attached hydrogens (tertiary/aromatic N) is 1. The molecule has 1 aliphatic rings. The third kappa shape index (κ3) is 1.91. The first-order valence-corrected chi connectivity index (χ1v) is 6.74. The Bertz CT molecular complexity index is 688. The van der Waals surface area contributed by atoms with Crippen molar-refractivity contribution in [3.63, 3.8) is 0 Å². The molecule has 1 heterocycles. The Morgan fingerprint density at radius 3 is 2.80 bits per heavy atom. The Labute approximate surface area is 116 Å². The van der Waals surface area contributed by atoms with Crippen molar-refractivity contribution >= 4 is 17.5 Å². The molecule has 0 radical (unpaired) electrons. The number of nitrogens with one attached hydrogen (secondary N) is 2. The molecule has 1 aliphatic carbocycles. The van der Waals surface area contributed by atoms with Crippen LogP contribution in [0.5, 0.6) is 0 Å². The summed E-state index contributed by atoms with van der Waals surface area (Å²) in [7, 11) is 0. The van der Waals surface area contributed by atoms with E-state index in [2.05, 4.69) is 15.5 Å². The largest absolute Gasteiger partial charge is 0.309 e. The third-order valence-corrected chi connectivity index (χ3v) is 3.45. The lowest BCUT2D eigenvalue weighted by Gasteiger charge is -2.02. The summed E-state index contributed by atoms with van der Waals surface area (Å²) in [5, 5.41) is 9.63. The molecule has 2 N–H and O–H groups in total. The molecule has 1 aromatic heterocycles. The molecule has 0 bridgehead atoms. The molecule has 1 amide bonds. The van der Waals surface area contributed by atoms with Gasteiger partial charge in [0.05, 0.1) is 11.3 Å². The predicted molar refractivity (Wildman–Crippen MR) is 75.6 cm³/mol. The van der Waals surface area contributed by atoms with Gasteiger partial charge in [-0.2, -0.15) is 5.10 Å². The molecule has 20 heavy (non-hydrogen) atoms. The molecular weight excluding hydrogens is 254 g/mol. The molecule has 5 heteroatoms. The number of anilines is 1. The van der Waals surface area contributed by atoms with Gasteiger partial charge >= 0.3 is 0 Å². The molecule has 0 fully saturated rings. The van der Waals surface area contributed by atoms with E-state index in [1.165, 1.54) is 0 Å². The topological polar surface area (TPSA) is 74.8 Å². The second-order valence-electron chi connectivity index (χ2n) is 4.85. The van der Waals surface area contributed by atoms with Gasteiger partial charge in [0.1, 0.15) is 0 Å². The summed E-state index contributed by atoms with van der Waals surface area (Å²) < 4.78 is 0. The molecule has 0 saturated carbocycles. The summed E-state index contributed by atoms with van der Waals surface area (Å²) in [6, 6.07) is 7.37. The van der Waals surface area contributed by atoms with Crippen molar-refractivity contribution in [1.82, 2.24) is 10.2 Å². The van der Waals surface area contributed by atoms with Crippen LogP contribution in [0.1, 0.15) is 42.1 Å². The van der Waals surface area contributed by atoms with Crippen LogP contribution in [0.25, 0.3) is 11.3 Å². The van der Waals surface area contributed by atoms with Gasteiger partial charge < -0.3 is 5.32 Å². The highest BCUT2D eigenvalue weighted by Gasteiger charge is 2.32. The number of rotatable bonds is 4. The highest BCUT2D eigenvalue weighted by molar-refractivity contribution is 6.24. The van der Waals surface area contributed by atoms with Crippen molar-refractivity contribution in [2.45, 2.75) is 26.2 Å². The molecule has 0 aliphatic heterocycles. The van der Waals surface area contributed by atoms with Crippen molar-refractivity contribution in [3.8, 4) is 11.3 Å². The highest BCUT2D eigenvalue weighted by Crippen LogP contribution is 2.38. The number of unbranched alkanes of at least 4 members (excludes halogenated alkanes) is 1. The third-order valence-electron chi connectivity index (χ3n) is 3.45. The monoisotopic (exact) mass is 269 g/mol. The quantitative estimate of drug-likeness (QED) is 0.764. The smallest absolute Gasteiger partial charge is 0.225 e. The van der Waals surface area contributed by atoms with E-state index in [0.717, 1.165) is 18.4 Å². The van der Waals surface area contributed by atoms with E-state index >= 15 is 0 Å². The Balaban J connectivity index is 1.90. The van der Waals surface area contributed by atoms with E-state index in [-0.39, 0.29) is 11.7 Å². The first-order valence-electron chi connectivity index (χ1n) is 6.74. The van der Waals surface area contributed by atoms with Gasteiger partial charge in [-0.15, -0.1) is 0 Å². The number of benzene rings is 1. The zero-order valence-corrected chi connectivity index (χ0v) is 11.2. The normalized spacial score (nSPS) is 12.2. The molecule has 2 aromatic rings. The van der Waals surface area contributed by atoms with Crippen molar-refractivity contribution in [2.75, 3.05) is 5.32 Å². The van der Waals surface area contributed by atoms with Crippen LogP contribution in [-0.2, 0) is 4.79 Å². The van der Waals surface area contributed by atoms with Crippen molar-refractivity contribution in [1.29, 1.82) is 0 Å². The van der Waals surface area contributed by atoms with E-state index in [9.17, 15) is 9.59 Å². The maximum absolute atomic E-state index is 12.4. The summed E-state index contributed by atoms with van der Waals surface area (Å²) in [5.41, 5.74) is 2.65. The molecular formula is C15H15N3O2. The lowest BCUT2D eigenvalue weighted by molar-refractivity contribution is -0.116. The van der Waals surface area contributed by atoms with Gasteiger partial charge in [-0.3, -0.25) is 14.7 Å². The number of aromatic amines is 1. The van der Waals surface area contributed by atoms with Gasteiger partial charge in [-0.1, -0.05) is 37.6 Å². The predicted octanol–water partition coefficient (Wildman–Crippen LogP) is 2.75. The number of ketones is 1. The van der Waals surface area contributed by atoms with Crippen LogP contribution in [0.2, 0.25) is 0 Å². The number of carbonyl (C=O) groups is 2.